The predicted octanol–water partition coefficient (Wildman–Crippen LogP) is 11.9. The highest BCUT2D eigenvalue weighted by molar-refractivity contribution is 5.86. The van der Waals surface area contributed by atoms with E-state index in [1.54, 1.807) is 0 Å². The van der Waals surface area contributed by atoms with Crippen LogP contribution in [0.3, 0.4) is 0 Å². The van der Waals surface area contributed by atoms with Gasteiger partial charge in [0.1, 0.15) is 12.2 Å². The number of rotatable bonds is 39. The van der Waals surface area contributed by atoms with Gasteiger partial charge in [-0.25, -0.2) is 0 Å². The smallest absolute Gasteiger partial charge is 0.189 e. The zero-order valence-corrected chi connectivity index (χ0v) is 32.6. The predicted molar refractivity (Wildman–Crippen MR) is 207 cm³/mol. The molecule has 0 heterocycles. The molecule has 48 heavy (non-hydrogen) atoms. The Kier molecular flexibility index (Phi) is 35.9. The quantitative estimate of drug-likeness (QED) is 0.0484. The van der Waals surface area contributed by atoms with Crippen molar-refractivity contribution >= 4 is 5.78 Å². The third-order valence-electron chi connectivity index (χ3n) is 10.4. The molecule has 0 fully saturated rings. The molecule has 0 aromatic carbocycles. The number of carbonyl (C=O) groups is 1. The molecule has 0 aliphatic rings. The van der Waals surface area contributed by atoms with E-state index >= 15 is 0 Å². The molecule has 0 aliphatic carbocycles. The third kappa shape index (κ3) is 32.7. The summed E-state index contributed by atoms with van der Waals surface area (Å²) in [7, 11) is 0. The molecule has 5 heteroatoms. The maximum Gasteiger partial charge on any atom is 0.189 e. The van der Waals surface area contributed by atoms with Crippen LogP contribution in [0.15, 0.2) is 0 Å². The summed E-state index contributed by atoms with van der Waals surface area (Å²) in [6, 6.07) is 0. The molecule has 0 saturated carbocycles. The van der Waals surface area contributed by atoms with Gasteiger partial charge in [-0.3, -0.25) is 4.79 Å². The van der Waals surface area contributed by atoms with Gasteiger partial charge in [0.2, 0.25) is 0 Å². The first-order valence-corrected chi connectivity index (χ1v) is 21.6. The molecule has 0 aliphatic heterocycles. The molecule has 0 aromatic rings. The lowest BCUT2D eigenvalue weighted by molar-refractivity contribution is -0.138. The Balaban J connectivity index is 3.59. The van der Waals surface area contributed by atoms with Gasteiger partial charge in [0.25, 0.3) is 0 Å². The van der Waals surface area contributed by atoms with Crippen molar-refractivity contribution in [2.75, 3.05) is 0 Å². The van der Waals surface area contributed by atoms with Gasteiger partial charge in [-0.1, -0.05) is 220 Å². The normalized spacial score (nSPS) is 14.4. The Hall–Kier alpha value is -0.490. The molecule has 3 unspecified atom stereocenters. The molecular formula is C43H86O5. The molecule has 0 rings (SSSR count). The minimum absolute atomic E-state index is 0.215. The minimum atomic E-state index is -1.43. The molecule has 4 atom stereocenters. The van der Waals surface area contributed by atoms with E-state index in [0.717, 1.165) is 44.4 Å². The van der Waals surface area contributed by atoms with Crippen LogP contribution in [0.4, 0.5) is 0 Å². The largest absolute Gasteiger partial charge is 0.390 e. The lowest BCUT2D eigenvalue weighted by Gasteiger charge is -2.21. The Labute approximate surface area is 299 Å². The average Bonchev–Trinajstić information content (AvgIpc) is 3.07. The lowest BCUT2D eigenvalue weighted by atomic mass is 9.95. The Bertz CT molecular complexity index is 653. The summed E-state index contributed by atoms with van der Waals surface area (Å²) in [6.45, 7) is 6.86. The summed E-state index contributed by atoms with van der Waals surface area (Å²) < 4.78 is 0. The molecular weight excluding hydrogens is 596 g/mol. The van der Waals surface area contributed by atoms with Gasteiger partial charge in [-0.2, -0.15) is 0 Å². The van der Waals surface area contributed by atoms with Crippen LogP contribution in [0.1, 0.15) is 239 Å². The van der Waals surface area contributed by atoms with E-state index in [2.05, 4.69) is 20.8 Å². The van der Waals surface area contributed by atoms with E-state index in [1.165, 1.54) is 161 Å². The summed E-state index contributed by atoms with van der Waals surface area (Å²) >= 11 is 0. The second-order valence-electron chi connectivity index (χ2n) is 15.8. The van der Waals surface area contributed by atoms with Gasteiger partial charge in [0.15, 0.2) is 5.78 Å². The van der Waals surface area contributed by atoms with E-state index in [0.29, 0.717) is 12.8 Å². The van der Waals surface area contributed by atoms with Gasteiger partial charge >= 0.3 is 0 Å². The first-order chi connectivity index (χ1) is 23.3. The minimum Gasteiger partial charge on any atom is -0.390 e. The number of unbranched alkanes of at least 4 members (excludes halogenated alkanes) is 28. The van der Waals surface area contributed by atoms with Crippen molar-refractivity contribution in [3.63, 3.8) is 0 Å². The summed E-state index contributed by atoms with van der Waals surface area (Å²) in [6.07, 6.45) is 35.7. The number of hydrogen-bond acceptors (Lipinski definition) is 5. The van der Waals surface area contributed by atoms with Crippen molar-refractivity contribution in [3.05, 3.63) is 0 Å². The molecule has 5 nitrogen and oxygen atoms in total. The van der Waals surface area contributed by atoms with Crippen LogP contribution in [-0.2, 0) is 4.79 Å². The number of hydrogen-bond donors (Lipinski definition) is 4. The van der Waals surface area contributed by atoms with Gasteiger partial charge in [-0.05, 0) is 18.8 Å². The van der Waals surface area contributed by atoms with Crippen molar-refractivity contribution in [2.45, 2.75) is 263 Å². The topological polar surface area (TPSA) is 98.0 Å². The Morgan fingerprint density at radius 1 is 0.375 bits per heavy atom. The molecule has 0 amide bonds. The highest BCUT2D eigenvalue weighted by atomic mass is 16.3. The zero-order chi connectivity index (χ0) is 35.5. The van der Waals surface area contributed by atoms with Crippen molar-refractivity contribution in [1.82, 2.24) is 0 Å². The Morgan fingerprint density at radius 2 is 0.667 bits per heavy atom. The van der Waals surface area contributed by atoms with E-state index < -0.39 is 30.2 Å². The fourth-order valence-electron chi connectivity index (χ4n) is 6.97. The van der Waals surface area contributed by atoms with Crippen LogP contribution >= 0.6 is 0 Å². The van der Waals surface area contributed by atoms with E-state index in [-0.39, 0.29) is 6.42 Å². The number of aliphatic hydroxyl groups is 4. The summed E-state index contributed by atoms with van der Waals surface area (Å²) in [4.78, 5) is 12.4. The Morgan fingerprint density at radius 3 is 1.00 bits per heavy atom. The second kappa shape index (κ2) is 36.3. The van der Waals surface area contributed by atoms with Crippen LogP contribution in [0.25, 0.3) is 0 Å². The highest BCUT2D eigenvalue weighted by Gasteiger charge is 2.28. The molecule has 0 saturated heterocycles. The van der Waals surface area contributed by atoms with Crippen LogP contribution in [-0.4, -0.2) is 50.6 Å². The van der Waals surface area contributed by atoms with Crippen molar-refractivity contribution in [1.29, 1.82) is 0 Å². The highest BCUT2D eigenvalue weighted by Crippen LogP contribution is 2.18. The fraction of sp³-hybridized carbons (Fsp3) is 0.977. The fourth-order valence-corrected chi connectivity index (χ4v) is 6.97. The van der Waals surface area contributed by atoms with E-state index in [1.807, 2.05) is 0 Å². The van der Waals surface area contributed by atoms with Crippen LogP contribution < -0.4 is 0 Å². The maximum absolute atomic E-state index is 12.4. The van der Waals surface area contributed by atoms with Gasteiger partial charge < -0.3 is 20.4 Å². The van der Waals surface area contributed by atoms with E-state index in [9.17, 15) is 25.2 Å². The van der Waals surface area contributed by atoms with Gasteiger partial charge in [-0.15, -0.1) is 0 Å². The van der Waals surface area contributed by atoms with Crippen LogP contribution in [0.5, 0.6) is 0 Å². The molecule has 0 radical (unpaired) electrons. The standard InChI is InChI=1S/C43H86O5/c1-4-5-6-7-8-9-10-11-12-13-14-15-16-17-18-19-24-27-30-33-36-40(45)43(48)42(47)37-41(46)39(44)35-32-29-26-23-21-20-22-25-28-31-34-38(2)3/h38-42,44-47H,4-37H2,1-3H3/t39?,40-,41?,42?/m1/s1. The number of Topliss-reactive ketones (excluding diaryl/α,β-unsaturated/α-hetero) is 1. The molecule has 0 aromatic heterocycles. The summed E-state index contributed by atoms with van der Waals surface area (Å²) in [5.74, 6) is 0.192. The zero-order valence-electron chi connectivity index (χ0n) is 32.6. The number of carbonyl (C=O) groups excluding carboxylic acids is 1. The van der Waals surface area contributed by atoms with Crippen molar-refractivity contribution in [2.24, 2.45) is 5.92 Å². The van der Waals surface area contributed by atoms with Gasteiger partial charge in [0, 0.05) is 6.42 Å². The lowest BCUT2D eigenvalue weighted by Crippen LogP contribution is -2.38. The summed E-state index contributed by atoms with van der Waals surface area (Å²) in [5, 5.41) is 41.2. The average molecular weight is 683 g/mol. The number of ketones is 1. The SMILES string of the molecule is CCCCCCCCCCCCCCCCCCCCCC[C@@H](O)C(=O)C(O)CC(O)C(O)CCCCCCCCCCCCC(C)C. The van der Waals surface area contributed by atoms with E-state index in [4.69, 9.17) is 0 Å². The monoisotopic (exact) mass is 683 g/mol. The van der Waals surface area contributed by atoms with Crippen molar-refractivity contribution < 1.29 is 25.2 Å². The molecule has 288 valence electrons. The number of aliphatic hydroxyl groups excluding tert-OH is 4. The third-order valence-corrected chi connectivity index (χ3v) is 10.4. The second-order valence-corrected chi connectivity index (χ2v) is 15.8. The molecule has 4 N–H and O–H groups in total. The van der Waals surface area contributed by atoms with Crippen LogP contribution in [0.2, 0.25) is 0 Å². The van der Waals surface area contributed by atoms with Crippen LogP contribution in [0, 0.1) is 5.92 Å². The summed E-state index contributed by atoms with van der Waals surface area (Å²) in [5.41, 5.74) is 0. The maximum atomic E-state index is 12.4. The van der Waals surface area contributed by atoms with Gasteiger partial charge in [0.05, 0.1) is 12.2 Å². The van der Waals surface area contributed by atoms with Crippen molar-refractivity contribution in [3.8, 4) is 0 Å². The molecule has 0 spiro atoms. The first-order valence-electron chi connectivity index (χ1n) is 21.6. The molecule has 0 bridgehead atoms. The first kappa shape index (κ1) is 47.5.